The van der Waals surface area contributed by atoms with Crippen LogP contribution in [0.3, 0.4) is 0 Å². The fourth-order valence-electron chi connectivity index (χ4n) is 3.46. The van der Waals surface area contributed by atoms with Crippen molar-refractivity contribution < 1.29 is 29.9 Å². The molecule has 1 aromatic heterocycles. The van der Waals surface area contributed by atoms with Gasteiger partial charge < -0.3 is 34.5 Å². The van der Waals surface area contributed by atoms with E-state index in [1.165, 1.54) is 4.57 Å². The fraction of sp³-hybridized carbons (Fsp3) is 0.400. The Morgan fingerprint density at radius 3 is 2.38 bits per heavy atom. The minimum Gasteiger partial charge on any atom is -0.497 e. The first kappa shape index (κ1) is 21.4. The number of hydrogen-bond donors (Lipinski definition) is 4. The van der Waals surface area contributed by atoms with E-state index in [-0.39, 0.29) is 10.2 Å². The van der Waals surface area contributed by atoms with E-state index < -0.39 is 37.3 Å². The summed E-state index contributed by atoms with van der Waals surface area (Å²) in [6.07, 6.45) is -6.77. The molecular formula is C20H22N2O6S. The predicted octanol–water partition coefficient (Wildman–Crippen LogP) is 1.05. The second kappa shape index (κ2) is 8.59. The van der Waals surface area contributed by atoms with Gasteiger partial charge in [0.15, 0.2) is 6.23 Å². The van der Waals surface area contributed by atoms with Crippen molar-refractivity contribution in [2.45, 2.75) is 37.6 Å². The molecule has 1 aliphatic rings. The lowest BCUT2D eigenvalue weighted by molar-refractivity contribution is -0.252. The number of hydrogen-bond acceptors (Lipinski definition) is 8. The van der Waals surface area contributed by atoms with E-state index in [1.54, 1.807) is 44.4 Å². The first-order valence-electron chi connectivity index (χ1n) is 8.95. The number of rotatable bonds is 4. The quantitative estimate of drug-likeness (QED) is 0.543. The largest absolute Gasteiger partial charge is 0.497 e. The number of aromatic nitrogens is 1. The molecule has 9 heteroatoms. The molecule has 0 spiro atoms. The molecule has 2 heterocycles. The molecule has 0 bridgehead atoms. The van der Waals surface area contributed by atoms with Gasteiger partial charge in [0.05, 0.1) is 19.3 Å². The van der Waals surface area contributed by atoms with Crippen LogP contribution in [0.25, 0.3) is 11.1 Å². The molecule has 0 saturated carbocycles. The van der Waals surface area contributed by atoms with Crippen molar-refractivity contribution in [3.8, 4) is 22.9 Å². The Morgan fingerprint density at radius 2 is 1.83 bits per heavy atom. The van der Waals surface area contributed by atoms with Crippen molar-refractivity contribution in [3.63, 3.8) is 0 Å². The molecule has 154 valence electrons. The maximum absolute atomic E-state index is 10.5. The number of aliphatic hydroxyl groups is 4. The molecule has 0 radical (unpaired) electrons. The van der Waals surface area contributed by atoms with Gasteiger partial charge in [0.1, 0.15) is 40.9 Å². The number of aryl methyl sites for hydroxylation is 1. The van der Waals surface area contributed by atoms with Gasteiger partial charge in [-0.15, -0.1) is 0 Å². The molecule has 3 rings (SSSR count). The highest BCUT2D eigenvalue weighted by Crippen LogP contribution is 2.33. The summed E-state index contributed by atoms with van der Waals surface area (Å²) in [5.74, 6) is 0.676. The van der Waals surface area contributed by atoms with Gasteiger partial charge in [0.2, 0.25) is 0 Å². The first-order chi connectivity index (χ1) is 13.8. The Labute approximate surface area is 172 Å². The molecule has 1 saturated heterocycles. The number of aliphatic hydroxyl groups excluding tert-OH is 4. The van der Waals surface area contributed by atoms with Crippen molar-refractivity contribution in [1.29, 1.82) is 5.26 Å². The summed E-state index contributed by atoms with van der Waals surface area (Å²) in [6, 6.07) is 11.0. The van der Waals surface area contributed by atoms with E-state index in [2.05, 4.69) is 6.07 Å². The highest BCUT2D eigenvalue weighted by atomic mass is 32.1. The standard InChI is InChI=1S/C20H22N2O6S/c1-10-7-13(11-3-5-12(27-2)6-4-11)14(8-21)20(29)22(10)19-18(26)17(25)16(24)15(9-23)28-19/h3-7,15-19,23-26H,9H2,1-2H3/t15-,16+,17+,18-,19+/m0/s1. The lowest BCUT2D eigenvalue weighted by Crippen LogP contribution is -2.56. The SMILES string of the molecule is COc1ccc(-c2cc(C)n([C@@H]3O[C@@H](CO)[C@@H](O)[C@@H](O)[C@@H]3O)c(=S)c2C#N)cc1. The zero-order valence-electron chi connectivity index (χ0n) is 15.9. The molecule has 8 nitrogen and oxygen atoms in total. The van der Waals surface area contributed by atoms with Gasteiger partial charge in [-0.3, -0.25) is 0 Å². The van der Waals surface area contributed by atoms with E-state index >= 15 is 0 Å². The molecule has 2 aromatic rings. The summed E-state index contributed by atoms with van der Waals surface area (Å²) < 4.78 is 12.3. The van der Waals surface area contributed by atoms with E-state index in [9.17, 15) is 25.7 Å². The molecule has 29 heavy (non-hydrogen) atoms. The second-order valence-electron chi connectivity index (χ2n) is 6.81. The van der Waals surface area contributed by atoms with Crippen LogP contribution >= 0.6 is 12.2 Å². The van der Waals surface area contributed by atoms with Crippen LogP contribution in [0, 0.1) is 22.9 Å². The summed E-state index contributed by atoms with van der Waals surface area (Å²) >= 11 is 5.51. The topological polar surface area (TPSA) is 128 Å². The van der Waals surface area contributed by atoms with Gasteiger partial charge in [-0.05, 0) is 30.7 Å². The van der Waals surface area contributed by atoms with Crippen molar-refractivity contribution in [3.05, 3.63) is 46.2 Å². The third-order valence-corrected chi connectivity index (χ3v) is 5.47. The highest BCUT2D eigenvalue weighted by Gasteiger charge is 2.44. The van der Waals surface area contributed by atoms with Gasteiger partial charge in [-0.1, -0.05) is 24.4 Å². The van der Waals surface area contributed by atoms with E-state index in [1.807, 2.05) is 0 Å². The fourth-order valence-corrected chi connectivity index (χ4v) is 3.87. The van der Waals surface area contributed by atoms with Crippen molar-refractivity contribution >= 4 is 12.2 Å². The molecule has 1 aliphatic heterocycles. The van der Waals surface area contributed by atoms with Gasteiger partial charge in [0.25, 0.3) is 0 Å². The van der Waals surface area contributed by atoms with Crippen LogP contribution in [-0.4, -0.2) is 63.1 Å². The monoisotopic (exact) mass is 418 g/mol. The lowest BCUT2D eigenvalue weighted by atomic mass is 9.97. The highest BCUT2D eigenvalue weighted by molar-refractivity contribution is 7.71. The summed E-state index contributed by atoms with van der Waals surface area (Å²) in [4.78, 5) is 0. The van der Waals surface area contributed by atoms with E-state index in [4.69, 9.17) is 21.7 Å². The average molecular weight is 418 g/mol. The third-order valence-electron chi connectivity index (χ3n) is 5.07. The lowest BCUT2D eigenvalue weighted by Gasteiger charge is -2.41. The van der Waals surface area contributed by atoms with Gasteiger partial charge >= 0.3 is 0 Å². The van der Waals surface area contributed by atoms with Crippen LogP contribution in [0.5, 0.6) is 5.75 Å². The second-order valence-corrected chi connectivity index (χ2v) is 7.20. The van der Waals surface area contributed by atoms with Crippen LogP contribution in [0.15, 0.2) is 30.3 Å². The first-order valence-corrected chi connectivity index (χ1v) is 9.36. The van der Waals surface area contributed by atoms with Crippen molar-refractivity contribution in [2.24, 2.45) is 0 Å². The number of ether oxygens (including phenoxy) is 2. The Kier molecular flexibility index (Phi) is 6.33. The zero-order valence-corrected chi connectivity index (χ0v) is 16.7. The van der Waals surface area contributed by atoms with Crippen LogP contribution < -0.4 is 4.74 Å². The summed E-state index contributed by atoms with van der Waals surface area (Å²) in [5, 5.41) is 49.7. The summed E-state index contributed by atoms with van der Waals surface area (Å²) in [6.45, 7) is 1.17. The minimum atomic E-state index is -1.54. The summed E-state index contributed by atoms with van der Waals surface area (Å²) in [5.41, 5.74) is 2.15. The number of nitrogens with zero attached hydrogens (tertiary/aromatic N) is 2. The minimum absolute atomic E-state index is 0.114. The van der Waals surface area contributed by atoms with E-state index in [0.29, 0.717) is 17.0 Å². The maximum atomic E-state index is 10.5. The number of pyridine rings is 1. The van der Waals surface area contributed by atoms with Crippen LogP contribution in [0.2, 0.25) is 0 Å². The summed E-state index contributed by atoms with van der Waals surface area (Å²) in [7, 11) is 1.56. The Balaban J connectivity index is 2.12. The molecule has 0 unspecified atom stereocenters. The van der Waals surface area contributed by atoms with Crippen molar-refractivity contribution in [1.82, 2.24) is 4.57 Å². The molecule has 1 aromatic carbocycles. The Morgan fingerprint density at radius 1 is 1.17 bits per heavy atom. The number of nitriles is 1. The van der Waals surface area contributed by atoms with Gasteiger partial charge in [-0.2, -0.15) is 5.26 Å². The van der Waals surface area contributed by atoms with Crippen molar-refractivity contribution in [2.75, 3.05) is 13.7 Å². The van der Waals surface area contributed by atoms with Gasteiger partial charge in [-0.25, -0.2) is 0 Å². The number of methoxy groups -OCH3 is 1. The molecule has 5 atom stereocenters. The van der Waals surface area contributed by atoms with E-state index in [0.717, 1.165) is 5.56 Å². The maximum Gasteiger partial charge on any atom is 0.164 e. The van der Waals surface area contributed by atoms with Gasteiger partial charge in [0, 0.05) is 11.3 Å². The van der Waals surface area contributed by atoms with Crippen LogP contribution in [0.1, 0.15) is 17.5 Å². The molecule has 0 aliphatic carbocycles. The molecule has 4 N–H and O–H groups in total. The zero-order chi connectivity index (χ0) is 21.3. The number of benzene rings is 1. The molecular weight excluding hydrogens is 396 g/mol. The Hall–Kier alpha value is -2.32. The van der Waals surface area contributed by atoms with Crippen LogP contribution in [-0.2, 0) is 4.74 Å². The Bertz CT molecular complexity index is 982. The van der Waals surface area contributed by atoms with Crippen LogP contribution in [0.4, 0.5) is 0 Å². The normalized spacial score (nSPS) is 26.7. The molecule has 0 amide bonds. The third kappa shape index (κ3) is 3.79. The molecule has 1 fully saturated rings. The average Bonchev–Trinajstić information content (AvgIpc) is 2.73. The smallest absolute Gasteiger partial charge is 0.164 e. The predicted molar refractivity (Wildman–Crippen MR) is 106 cm³/mol.